The Morgan fingerprint density at radius 2 is 0.646 bits per heavy atom. The number of guanidine groups is 3. The second-order valence-electron chi connectivity index (χ2n) is 33.4. The van der Waals surface area contributed by atoms with Crippen LogP contribution in [0.2, 0.25) is 0 Å². The minimum atomic E-state index is -1.87. The molecule has 1 aromatic rings. The van der Waals surface area contributed by atoms with Crippen LogP contribution in [0.15, 0.2) is 30.3 Å². The number of hydrogen-bond acceptors (Lipinski definition) is 25. The van der Waals surface area contributed by atoms with Crippen LogP contribution in [-0.2, 0) is 87.9 Å². The first-order valence-corrected chi connectivity index (χ1v) is 44.3. The van der Waals surface area contributed by atoms with Crippen LogP contribution in [0.4, 0.5) is 0 Å². The van der Waals surface area contributed by atoms with Crippen molar-refractivity contribution in [2.75, 3.05) is 38.5 Å². The van der Waals surface area contributed by atoms with Gasteiger partial charge in [-0.15, -0.1) is 0 Å². The Hall–Kier alpha value is -11.8. The SMILES string of the molecule is CC(C)C[C@H](NC(=O)[C@H](CCCNC(=N)N)NC(=O)[C@H](CCCCN)NC(=O)[C@H](CC(C)C)NC(=O)[C@@H](NC(=O)[C@H](CCCNC(=N)N)NC(=O)[C@H](C)NC(=O)[C@H](CC(C)C)NC(=O)[C@H](CCC(=O)O)NC(=O)[C@H](CS)NC(=O)[C@H](CCCNC(=N)N)NC(=O)[C@H](CCC(=O)O)NC(=O)[C@H](Cc1ccccc1)NC(=O)[C@@H](NC(=O)[C@@H](N)CCCCN)C(C)C)[C@@H](C)O)C(=O)O. The number of aliphatic carboxylic acids is 3. The Morgan fingerprint density at radius 3 is 1.02 bits per heavy atom. The Morgan fingerprint density at radius 1 is 0.346 bits per heavy atom. The molecule has 0 aliphatic heterocycles. The largest absolute Gasteiger partial charge is 0.481 e. The van der Waals surface area contributed by atoms with Gasteiger partial charge < -0.3 is 145 Å². The van der Waals surface area contributed by atoms with Crippen molar-refractivity contribution >= 4 is 131 Å². The fourth-order valence-electron chi connectivity index (χ4n) is 13.1. The standard InChI is InChI=1S/C82H144N26O21S/c1-42(2)37-56(73(122)95-46(9)65(114)96-53(27-20-36-94-82(90)91)72(121)108-64(47(10)109)78(127)103-57(38-43(3)4)74(123)99-50(24-15-17-33-84)67(116)97-51(25-18-34-92-80(86)87)68(117)105-59(79(128)129)39-44(5)6)102-71(120)55(29-31-62(112)113)101-76(125)60(41-130)106-69(118)52(26-19-35-93-81(88)89)98-70(119)54(28-30-61(110)111)100-75(124)58(40-48-21-12-11-13-22-48)104-77(126)63(45(7)8)107-66(115)49(85)23-14-16-32-83/h11-13,21-22,42-47,49-60,63-64,109,130H,14-20,23-41,83-85H2,1-10H3,(H,95,122)(H,96,114)(H,97,116)(H,98,119)(H,99,123)(H,100,124)(H,101,125)(H,102,120)(H,103,127)(H,104,126)(H,105,117)(H,106,118)(H,107,115)(H,108,121)(H,110,111)(H,112,113)(H,128,129)(H4,86,87,92)(H4,88,89,93)(H4,90,91,94)/t46-,47+,49-,50-,51-,52-,53-,54-,55-,56-,57-,58-,59-,60-,63-,64-/m0/s1. The van der Waals surface area contributed by atoms with Gasteiger partial charge in [0.05, 0.1) is 12.1 Å². The summed E-state index contributed by atoms with van der Waals surface area (Å²) in [7, 11) is 0. The molecule has 0 unspecified atom stereocenters. The molecule has 36 N–H and O–H groups in total. The number of amides is 14. The summed E-state index contributed by atoms with van der Waals surface area (Å²) < 4.78 is 0. The van der Waals surface area contributed by atoms with Crippen LogP contribution in [0.25, 0.3) is 0 Å². The van der Waals surface area contributed by atoms with Gasteiger partial charge in [0.15, 0.2) is 17.9 Å². The molecule has 734 valence electrons. The van der Waals surface area contributed by atoms with Gasteiger partial charge in [0.2, 0.25) is 82.7 Å². The lowest BCUT2D eigenvalue weighted by molar-refractivity contribution is -0.143. The lowest BCUT2D eigenvalue weighted by atomic mass is 9.99. The molecule has 0 radical (unpaired) electrons. The summed E-state index contributed by atoms with van der Waals surface area (Å²) in [4.78, 5) is 236. The molecule has 1 aromatic carbocycles. The molecule has 14 amide bonds. The highest BCUT2D eigenvalue weighted by molar-refractivity contribution is 7.80. The number of carboxylic acids is 3. The first-order chi connectivity index (χ1) is 61.0. The van der Waals surface area contributed by atoms with E-state index in [-0.39, 0.29) is 127 Å². The van der Waals surface area contributed by atoms with Gasteiger partial charge in [-0.25, -0.2) is 4.79 Å². The fraction of sp³-hybridized carbons (Fsp3) is 0.683. The lowest BCUT2D eigenvalue weighted by Crippen LogP contribution is -2.62. The zero-order chi connectivity index (χ0) is 98.6. The van der Waals surface area contributed by atoms with E-state index < -0.39 is 253 Å². The van der Waals surface area contributed by atoms with E-state index in [1.807, 2.05) is 0 Å². The normalized spacial score (nSPS) is 14.9. The zero-order valence-electron chi connectivity index (χ0n) is 76.0. The highest BCUT2D eigenvalue weighted by atomic mass is 32.1. The Kier molecular flexibility index (Phi) is 55.8. The van der Waals surface area contributed by atoms with Crippen LogP contribution in [0, 0.1) is 39.9 Å². The average molecular weight is 1860 g/mol. The Bertz CT molecular complexity index is 3890. The van der Waals surface area contributed by atoms with E-state index in [0.717, 1.165) is 6.92 Å². The molecule has 0 saturated carbocycles. The van der Waals surface area contributed by atoms with Crippen molar-refractivity contribution in [3.05, 3.63) is 35.9 Å². The minimum Gasteiger partial charge on any atom is -0.481 e. The van der Waals surface area contributed by atoms with Gasteiger partial charge >= 0.3 is 17.9 Å². The van der Waals surface area contributed by atoms with Gasteiger partial charge in [0.1, 0.15) is 84.6 Å². The quantitative estimate of drug-likeness (QED) is 0.0125. The molecular weight excluding hydrogens is 1720 g/mol. The molecule has 0 aliphatic carbocycles. The maximum Gasteiger partial charge on any atom is 0.326 e. The highest BCUT2D eigenvalue weighted by Gasteiger charge is 2.40. The van der Waals surface area contributed by atoms with Crippen LogP contribution < -0.4 is 125 Å². The maximum absolute atomic E-state index is 14.5. The van der Waals surface area contributed by atoms with Crippen molar-refractivity contribution in [1.82, 2.24) is 90.4 Å². The molecule has 47 nitrogen and oxygen atoms in total. The third-order valence-electron chi connectivity index (χ3n) is 20.1. The summed E-state index contributed by atoms with van der Waals surface area (Å²) in [5.41, 5.74) is 34.5. The number of benzene rings is 1. The van der Waals surface area contributed by atoms with E-state index >= 15 is 0 Å². The van der Waals surface area contributed by atoms with Crippen molar-refractivity contribution < 1.29 is 102 Å². The van der Waals surface area contributed by atoms with Crippen molar-refractivity contribution in [1.29, 1.82) is 16.2 Å². The third-order valence-corrected chi connectivity index (χ3v) is 20.5. The van der Waals surface area contributed by atoms with Crippen LogP contribution in [-0.4, -0.2) is 274 Å². The van der Waals surface area contributed by atoms with Crippen molar-refractivity contribution in [2.24, 2.45) is 58.1 Å². The summed E-state index contributed by atoms with van der Waals surface area (Å²) >= 11 is 4.27. The minimum absolute atomic E-state index is 0.00422. The number of hydrogen-bond donors (Lipinski definition) is 31. The van der Waals surface area contributed by atoms with Gasteiger partial charge in [-0.05, 0) is 159 Å². The maximum atomic E-state index is 14.5. The average Bonchev–Trinajstić information content (AvgIpc) is 0.852. The predicted octanol–water partition coefficient (Wildman–Crippen LogP) is -5.67. The number of carbonyl (C=O) groups excluding carboxylic acids is 14. The zero-order valence-corrected chi connectivity index (χ0v) is 76.9. The van der Waals surface area contributed by atoms with Gasteiger partial charge in [-0.1, -0.05) is 92.1 Å². The molecule has 1 rings (SSSR count). The van der Waals surface area contributed by atoms with E-state index in [9.17, 15) is 102 Å². The summed E-state index contributed by atoms with van der Waals surface area (Å²) in [6.45, 7) is 16.4. The first kappa shape index (κ1) is 116. The van der Waals surface area contributed by atoms with E-state index in [2.05, 4.69) is 103 Å². The molecular formula is C82H144N26O21S. The van der Waals surface area contributed by atoms with Crippen LogP contribution in [0.5, 0.6) is 0 Å². The molecule has 0 aliphatic rings. The highest BCUT2D eigenvalue weighted by Crippen LogP contribution is 2.17. The molecule has 48 heteroatoms. The molecule has 16 atom stereocenters. The first-order valence-electron chi connectivity index (χ1n) is 43.7. The lowest BCUT2D eigenvalue weighted by Gasteiger charge is -2.29. The number of aliphatic hydroxyl groups is 1. The second-order valence-corrected chi connectivity index (χ2v) is 33.8. The number of carboxylic acid groups (broad SMARTS) is 3. The van der Waals surface area contributed by atoms with Gasteiger partial charge in [-0.2, -0.15) is 12.6 Å². The van der Waals surface area contributed by atoms with Crippen LogP contribution in [0.1, 0.15) is 197 Å². The fourth-order valence-corrected chi connectivity index (χ4v) is 13.3. The number of carbonyl (C=O) groups is 17. The number of rotatable bonds is 66. The summed E-state index contributed by atoms with van der Waals surface area (Å²) in [5.74, 6) is -21.4. The van der Waals surface area contributed by atoms with E-state index in [1.54, 1.807) is 85.7 Å². The van der Waals surface area contributed by atoms with Crippen LogP contribution >= 0.6 is 12.6 Å². The Balaban J connectivity index is 3.72. The van der Waals surface area contributed by atoms with Crippen molar-refractivity contribution in [3.8, 4) is 0 Å². The van der Waals surface area contributed by atoms with Crippen molar-refractivity contribution in [3.63, 3.8) is 0 Å². The molecule has 0 aromatic heterocycles. The third kappa shape index (κ3) is 48.0. The number of thiol groups is 1. The van der Waals surface area contributed by atoms with E-state index in [4.69, 9.17) is 50.6 Å². The smallest absolute Gasteiger partial charge is 0.326 e. The Labute approximate surface area is 763 Å². The monoisotopic (exact) mass is 1860 g/mol. The molecule has 0 spiro atoms. The number of nitrogens with one attached hydrogen (secondary N) is 20. The number of aliphatic hydroxyl groups excluding tert-OH is 1. The topological polar surface area (TPSA) is 803 Å². The van der Waals surface area contributed by atoms with E-state index in [0.29, 0.717) is 31.4 Å². The summed E-state index contributed by atoms with van der Waals surface area (Å²) in [5, 5.41) is 107. The number of nitrogens with two attached hydrogens (primary N) is 6. The summed E-state index contributed by atoms with van der Waals surface area (Å²) in [6, 6.07) is -14.5. The molecule has 0 heterocycles. The predicted molar refractivity (Wildman–Crippen MR) is 484 cm³/mol. The molecule has 0 fully saturated rings. The second kappa shape index (κ2) is 62.4. The summed E-state index contributed by atoms with van der Waals surface area (Å²) in [6.07, 6.45) is -3.42. The van der Waals surface area contributed by atoms with Crippen molar-refractivity contribution in [2.45, 2.75) is 294 Å². The molecule has 0 saturated heterocycles. The number of unbranched alkanes of at least 4 members (excludes halogenated alkanes) is 2. The molecule has 0 bridgehead atoms. The van der Waals surface area contributed by atoms with Gasteiger partial charge in [-0.3, -0.25) is 92.9 Å². The van der Waals surface area contributed by atoms with Crippen LogP contribution in [0.3, 0.4) is 0 Å². The van der Waals surface area contributed by atoms with Gasteiger partial charge in [0.25, 0.3) is 0 Å². The van der Waals surface area contributed by atoms with Gasteiger partial charge in [0, 0.05) is 44.6 Å². The molecule has 130 heavy (non-hydrogen) atoms. The van der Waals surface area contributed by atoms with E-state index in [1.165, 1.54) is 6.92 Å².